The number of amides is 2. The number of hydrogen-bond acceptors (Lipinski definition) is 3. The Morgan fingerprint density at radius 2 is 2.00 bits per heavy atom. The highest BCUT2D eigenvalue weighted by Gasteiger charge is 2.32. The molecule has 0 radical (unpaired) electrons. The number of halogens is 1. The van der Waals surface area contributed by atoms with Gasteiger partial charge >= 0.3 is 12.0 Å². The number of carbonyl (C=O) groups excluding carboxylic acids is 1. The van der Waals surface area contributed by atoms with Gasteiger partial charge in [-0.2, -0.15) is 5.10 Å². The summed E-state index contributed by atoms with van der Waals surface area (Å²) < 4.78 is 14.9. The van der Waals surface area contributed by atoms with E-state index in [0.717, 1.165) is 12.1 Å². The lowest BCUT2D eigenvalue weighted by Crippen LogP contribution is -2.47. The standard InChI is InChI=1S/C20H25FN4O3/c1-3-4-18-17(10-22-25(18)16-7-5-15(21)6-8-16)23-20(28)24-11-13(2)9-14(12-24)19(26)27/h5-8,10,13-14H,3-4,9,11-12H2,1-2H3,(H,23,28)(H,26,27). The molecule has 1 aliphatic rings. The molecule has 3 rings (SSSR count). The van der Waals surface area contributed by atoms with Crippen LogP contribution < -0.4 is 5.32 Å². The van der Waals surface area contributed by atoms with E-state index in [2.05, 4.69) is 10.4 Å². The van der Waals surface area contributed by atoms with E-state index in [1.165, 1.54) is 12.1 Å². The van der Waals surface area contributed by atoms with Gasteiger partial charge in [-0.25, -0.2) is 13.9 Å². The number of rotatable bonds is 5. The summed E-state index contributed by atoms with van der Waals surface area (Å²) in [6.45, 7) is 4.69. The maximum Gasteiger partial charge on any atom is 0.321 e. The second-order valence-corrected chi connectivity index (χ2v) is 7.35. The molecule has 0 saturated carbocycles. The van der Waals surface area contributed by atoms with Crippen molar-refractivity contribution >= 4 is 17.7 Å². The van der Waals surface area contributed by atoms with Crippen LogP contribution in [0.5, 0.6) is 0 Å². The number of urea groups is 1. The van der Waals surface area contributed by atoms with Gasteiger partial charge in [0, 0.05) is 13.1 Å². The Labute approximate surface area is 163 Å². The van der Waals surface area contributed by atoms with E-state index in [0.29, 0.717) is 30.8 Å². The minimum Gasteiger partial charge on any atom is -0.481 e. The third kappa shape index (κ3) is 4.32. The molecule has 2 amide bonds. The molecule has 2 aromatic rings. The van der Waals surface area contributed by atoms with Crippen LogP contribution in [0.2, 0.25) is 0 Å². The zero-order chi connectivity index (χ0) is 20.3. The van der Waals surface area contributed by atoms with E-state index in [-0.39, 0.29) is 24.3 Å². The molecule has 2 N–H and O–H groups in total. The lowest BCUT2D eigenvalue weighted by atomic mass is 9.91. The number of anilines is 1. The minimum atomic E-state index is -0.875. The van der Waals surface area contributed by atoms with Crippen LogP contribution in [-0.2, 0) is 11.2 Å². The van der Waals surface area contributed by atoms with Crippen LogP contribution in [0.3, 0.4) is 0 Å². The average Bonchev–Trinajstić information content (AvgIpc) is 3.04. The number of likely N-dealkylation sites (tertiary alicyclic amines) is 1. The van der Waals surface area contributed by atoms with Crippen molar-refractivity contribution < 1.29 is 19.1 Å². The number of piperidine rings is 1. The number of aliphatic carboxylic acids is 1. The van der Waals surface area contributed by atoms with Crippen molar-refractivity contribution in [2.24, 2.45) is 11.8 Å². The lowest BCUT2D eigenvalue weighted by molar-refractivity contribution is -0.143. The van der Waals surface area contributed by atoms with E-state index in [1.807, 2.05) is 13.8 Å². The molecule has 1 fully saturated rings. The van der Waals surface area contributed by atoms with Gasteiger partial charge in [-0.15, -0.1) is 0 Å². The molecule has 2 atom stereocenters. The normalized spacial score (nSPS) is 19.5. The van der Waals surface area contributed by atoms with Gasteiger partial charge in [0.25, 0.3) is 0 Å². The summed E-state index contributed by atoms with van der Waals surface area (Å²) in [5.41, 5.74) is 2.12. The third-order valence-electron chi connectivity index (χ3n) is 4.96. The SMILES string of the molecule is CCCc1c(NC(=O)N2CC(C)CC(C(=O)O)C2)cnn1-c1ccc(F)cc1. The van der Waals surface area contributed by atoms with E-state index in [9.17, 15) is 19.1 Å². The van der Waals surface area contributed by atoms with Gasteiger partial charge in [-0.1, -0.05) is 20.3 Å². The maximum atomic E-state index is 13.2. The first kappa shape index (κ1) is 19.9. The smallest absolute Gasteiger partial charge is 0.321 e. The van der Waals surface area contributed by atoms with Crippen LogP contribution in [0.25, 0.3) is 5.69 Å². The molecule has 2 heterocycles. The highest BCUT2D eigenvalue weighted by molar-refractivity contribution is 5.90. The van der Waals surface area contributed by atoms with Crippen molar-refractivity contribution in [2.45, 2.75) is 33.1 Å². The summed E-state index contributed by atoms with van der Waals surface area (Å²) in [6, 6.07) is 5.68. The Balaban J connectivity index is 1.80. The molecule has 1 aliphatic heterocycles. The quantitative estimate of drug-likeness (QED) is 0.820. The van der Waals surface area contributed by atoms with Gasteiger partial charge in [0.1, 0.15) is 5.82 Å². The fourth-order valence-electron chi connectivity index (χ4n) is 3.65. The van der Waals surface area contributed by atoms with Crippen LogP contribution in [0.15, 0.2) is 30.5 Å². The number of aromatic nitrogens is 2. The molecule has 0 aliphatic carbocycles. The Morgan fingerprint density at radius 1 is 1.29 bits per heavy atom. The summed E-state index contributed by atoms with van der Waals surface area (Å²) in [5, 5.41) is 16.6. The van der Waals surface area contributed by atoms with Crippen molar-refractivity contribution in [2.75, 3.05) is 18.4 Å². The van der Waals surface area contributed by atoms with Gasteiger partial charge < -0.3 is 15.3 Å². The Bertz CT molecular complexity index is 850. The molecule has 28 heavy (non-hydrogen) atoms. The van der Waals surface area contributed by atoms with E-state index in [4.69, 9.17) is 0 Å². The van der Waals surface area contributed by atoms with Crippen molar-refractivity contribution in [3.05, 3.63) is 42.0 Å². The Kier molecular flexibility index (Phi) is 5.96. The number of carboxylic acids is 1. The van der Waals surface area contributed by atoms with E-state index < -0.39 is 11.9 Å². The summed E-state index contributed by atoms with van der Waals surface area (Å²) in [7, 11) is 0. The predicted octanol–water partition coefficient (Wildman–Crippen LogP) is 3.54. The number of nitrogens with one attached hydrogen (secondary N) is 1. The van der Waals surface area contributed by atoms with Crippen LogP contribution in [-0.4, -0.2) is 44.9 Å². The molecule has 1 aromatic heterocycles. The van der Waals surface area contributed by atoms with Gasteiger partial charge in [0.15, 0.2) is 0 Å². The summed E-state index contributed by atoms with van der Waals surface area (Å²) >= 11 is 0. The molecule has 1 saturated heterocycles. The number of carboxylic acid groups (broad SMARTS) is 1. The summed E-state index contributed by atoms with van der Waals surface area (Å²) in [4.78, 5) is 25.7. The molecule has 0 spiro atoms. The first-order valence-electron chi connectivity index (χ1n) is 9.50. The number of benzene rings is 1. The third-order valence-corrected chi connectivity index (χ3v) is 4.96. The summed E-state index contributed by atoms with van der Waals surface area (Å²) in [5.74, 6) is -1.63. The van der Waals surface area contributed by atoms with Crippen molar-refractivity contribution in [3.8, 4) is 5.69 Å². The zero-order valence-corrected chi connectivity index (χ0v) is 16.1. The van der Waals surface area contributed by atoms with Crippen LogP contribution in [0.1, 0.15) is 32.4 Å². The molecule has 0 bridgehead atoms. The van der Waals surface area contributed by atoms with Gasteiger partial charge in [0.05, 0.1) is 29.2 Å². The maximum absolute atomic E-state index is 13.2. The fourth-order valence-corrected chi connectivity index (χ4v) is 3.65. The molecular weight excluding hydrogens is 363 g/mol. The highest BCUT2D eigenvalue weighted by Crippen LogP contribution is 2.25. The lowest BCUT2D eigenvalue weighted by Gasteiger charge is -2.34. The highest BCUT2D eigenvalue weighted by atomic mass is 19.1. The van der Waals surface area contributed by atoms with Crippen molar-refractivity contribution in [1.82, 2.24) is 14.7 Å². The predicted molar refractivity (Wildman–Crippen MR) is 103 cm³/mol. The number of hydrogen-bond donors (Lipinski definition) is 2. The molecular formula is C20H25FN4O3. The first-order chi connectivity index (χ1) is 13.4. The van der Waals surface area contributed by atoms with Gasteiger partial charge in [-0.05, 0) is 43.0 Å². The van der Waals surface area contributed by atoms with Crippen LogP contribution >= 0.6 is 0 Å². The van der Waals surface area contributed by atoms with Crippen molar-refractivity contribution in [3.63, 3.8) is 0 Å². The minimum absolute atomic E-state index is 0.123. The Hall–Kier alpha value is -2.90. The number of carbonyl (C=O) groups is 2. The van der Waals surface area contributed by atoms with Crippen molar-refractivity contribution in [1.29, 1.82) is 0 Å². The second kappa shape index (κ2) is 8.41. The Morgan fingerprint density at radius 3 is 2.64 bits per heavy atom. The molecule has 150 valence electrons. The largest absolute Gasteiger partial charge is 0.481 e. The number of nitrogens with zero attached hydrogens (tertiary/aromatic N) is 3. The van der Waals surface area contributed by atoms with Gasteiger partial charge in [-0.3, -0.25) is 4.79 Å². The first-order valence-corrected chi connectivity index (χ1v) is 9.50. The van der Waals surface area contributed by atoms with Crippen LogP contribution in [0.4, 0.5) is 14.9 Å². The molecule has 2 unspecified atom stereocenters. The van der Waals surface area contributed by atoms with Crippen LogP contribution in [0, 0.1) is 17.7 Å². The topological polar surface area (TPSA) is 87.5 Å². The molecule has 7 nitrogen and oxygen atoms in total. The van der Waals surface area contributed by atoms with E-state index >= 15 is 0 Å². The average molecular weight is 388 g/mol. The monoisotopic (exact) mass is 388 g/mol. The fraction of sp³-hybridized carbons (Fsp3) is 0.450. The zero-order valence-electron chi connectivity index (χ0n) is 16.1. The molecule has 1 aromatic carbocycles. The molecule has 8 heteroatoms. The van der Waals surface area contributed by atoms with E-state index in [1.54, 1.807) is 27.9 Å². The summed E-state index contributed by atoms with van der Waals surface area (Å²) in [6.07, 6.45) is 3.68. The van der Waals surface area contributed by atoms with Gasteiger partial charge in [0.2, 0.25) is 0 Å². The second-order valence-electron chi connectivity index (χ2n) is 7.35.